The van der Waals surface area contributed by atoms with Crippen LogP contribution in [-0.2, 0) is 4.79 Å². The lowest BCUT2D eigenvalue weighted by Gasteiger charge is -2.36. The summed E-state index contributed by atoms with van der Waals surface area (Å²) in [6.07, 6.45) is 1.86. The lowest BCUT2D eigenvalue weighted by molar-refractivity contribution is -0.124. The number of likely N-dealkylation sites (N-methyl/N-ethyl adjacent to an activating group) is 1. The normalized spacial score (nSPS) is 18.6. The molecule has 3 N–H and O–H groups in total. The molecular weight excluding hydrogens is 310 g/mol. The highest BCUT2D eigenvalue weighted by atomic mass is 16.7. The van der Waals surface area contributed by atoms with Gasteiger partial charge in [0.15, 0.2) is 17.3 Å². The van der Waals surface area contributed by atoms with Gasteiger partial charge in [-0.05, 0) is 57.6 Å². The molecule has 0 saturated carbocycles. The van der Waals surface area contributed by atoms with E-state index in [2.05, 4.69) is 5.32 Å². The molecule has 3 rings (SSSR count). The van der Waals surface area contributed by atoms with Gasteiger partial charge in [0, 0.05) is 11.6 Å². The summed E-state index contributed by atoms with van der Waals surface area (Å²) in [4.78, 5) is 26.3. The largest absolute Gasteiger partial charge is 0.454 e. The number of carbonyl (C=O) groups is 2. The van der Waals surface area contributed by atoms with E-state index < -0.39 is 11.9 Å². The highest BCUT2D eigenvalue weighted by Gasteiger charge is 2.33. The van der Waals surface area contributed by atoms with Gasteiger partial charge in [-0.2, -0.15) is 0 Å². The number of hydrogen-bond donors (Lipinski definition) is 2. The third-order valence-corrected chi connectivity index (χ3v) is 4.78. The van der Waals surface area contributed by atoms with Crippen LogP contribution >= 0.6 is 0 Å². The Morgan fingerprint density at radius 3 is 2.46 bits per heavy atom. The Labute approximate surface area is 141 Å². The molecule has 0 aromatic heterocycles. The summed E-state index contributed by atoms with van der Waals surface area (Å²) in [5, 5.41) is 3.31. The van der Waals surface area contributed by atoms with Gasteiger partial charge in [-0.15, -0.1) is 0 Å². The third kappa shape index (κ3) is 3.09. The van der Waals surface area contributed by atoms with Crippen molar-refractivity contribution in [2.45, 2.75) is 31.8 Å². The zero-order valence-electron chi connectivity index (χ0n) is 14.0. The molecule has 1 unspecified atom stereocenters. The fourth-order valence-electron chi connectivity index (χ4n) is 3.49. The highest BCUT2D eigenvalue weighted by molar-refractivity contribution is 5.98. The fourth-order valence-corrected chi connectivity index (χ4v) is 3.49. The van der Waals surface area contributed by atoms with E-state index in [4.69, 9.17) is 15.2 Å². The number of hydrogen-bond acceptors (Lipinski definition) is 6. The lowest BCUT2D eigenvalue weighted by Crippen LogP contribution is -2.46. The standard InChI is InChI=1S/C17H23N3O4/c1-10(21)12-7-14-15(24-9-23-14)8-13(12)16(17(18)22)20(2)11-3-5-19-6-4-11/h7-8,11,16,19H,3-6,9H2,1-2H3,(H2,18,22). The smallest absolute Gasteiger partial charge is 0.239 e. The summed E-state index contributed by atoms with van der Waals surface area (Å²) in [6.45, 7) is 3.40. The van der Waals surface area contributed by atoms with Gasteiger partial charge in [-0.3, -0.25) is 14.5 Å². The highest BCUT2D eigenvalue weighted by Crippen LogP contribution is 2.38. The molecule has 0 aliphatic carbocycles. The number of carbonyl (C=O) groups excluding carboxylic acids is 2. The first-order valence-corrected chi connectivity index (χ1v) is 8.15. The Morgan fingerprint density at radius 2 is 1.88 bits per heavy atom. The number of Topliss-reactive ketones (excluding diaryl/α,β-unsaturated/α-hetero) is 1. The Kier molecular flexibility index (Phi) is 4.73. The fraction of sp³-hybridized carbons (Fsp3) is 0.529. The number of piperidine rings is 1. The molecule has 2 aliphatic rings. The minimum Gasteiger partial charge on any atom is -0.454 e. The van der Waals surface area contributed by atoms with Crippen molar-refractivity contribution in [1.29, 1.82) is 0 Å². The second kappa shape index (κ2) is 6.78. The monoisotopic (exact) mass is 333 g/mol. The molecule has 0 spiro atoms. The summed E-state index contributed by atoms with van der Waals surface area (Å²) in [6, 6.07) is 2.91. The molecule has 1 saturated heterocycles. The number of ether oxygens (including phenoxy) is 2. The van der Waals surface area contributed by atoms with Crippen LogP contribution in [-0.4, -0.2) is 49.6 Å². The number of ketones is 1. The van der Waals surface area contributed by atoms with Crippen molar-refractivity contribution < 1.29 is 19.1 Å². The average molecular weight is 333 g/mol. The van der Waals surface area contributed by atoms with Crippen LogP contribution in [0.4, 0.5) is 0 Å². The summed E-state index contributed by atoms with van der Waals surface area (Å²) < 4.78 is 10.8. The maximum atomic E-state index is 12.2. The molecule has 130 valence electrons. The summed E-state index contributed by atoms with van der Waals surface area (Å²) >= 11 is 0. The van der Waals surface area contributed by atoms with Crippen molar-refractivity contribution in [2.24, 2.45) is 5.73 Å². The Balaban J connectivity index is 2.01. The van der Waals surface area contributed by atoms with E-state index >= 15 is 0 Å². The van der Waals surface area contributed by atoms with Crippen molar-refractivity contribution in [3.8, 4) is 11.5 Å². The minimum atomic E-state index is -0.679. The van der Waals surface area contributed by atoms with Crippen molar-refractivity contribution in [2.75, 3.05) is 26.9 Å². The molecule has 2 aliphatic heterocycles. The van der Waals surface area contributed by atoms with E-state index in [1.54, 1.807) is 12.1 Å². The molecule has 7 heteroatoms. The lowest BCUT2D eigenvalue weighted by atomic mass is 9.93. The van der Waals surface area contributed by atoms with Crippen LogP contribution in [0.5, 0.6) is 11.5 Å². The minimum absolute atomic E-state index is 0.113. The average Bonchev–Trinajstić information content (AvgIpc) is 3.02. The van der Waals surface area contributed by atoms with E-state index in [0.29, 0.717) is 22.6 Å². The second-order valence-corrected chi connectivity index (χ2v) is 6.30. The number of nitrogens with one attached hydrogen (secondary N) is 1. The molecular formula is C17H23N3O4. The van der Waals surface area contributed by atoms with Crippen molar-refractivity contribution in [3.63, 3.8) is 0 Å². The maximum absolute atomic E-state index is 12.2. The molecule has 0 bridgehead atoms. The van der Waals surface area contributed by atoms with Gasteiger partial charge in [0.25, 0.3) is 0 Å². The Hall–Kier alpha value is -2.12. The Morgan fingerprint density at radius 1 is 1.25 bits per heavy atom. The topological polar surface area (TPSA) is 93.9 Å². The van der Waals surface area contributed by atoms with Crippen LogP contribution in [0.15, 0.2) is 12.1 Å². The van der Waals surface area contributed by atoms with Gasteiger partial charge in [0.2, 0.25) is 12.7 Å². The summed E-state index contributed by atoms with van der Waals surface area (Å²) in [5.74, 6) is 0.460. The van der Waals surface area contributed by atoms with Gasteiger partial charge < -0.3 is 20.5 Å². The van der Waals surface area contributed by atoms with Crippen LogP contribution in [0.3, 0.4) is 0 Å². The van der Waals surface area contributed by atoms with Gasteiger partial charge in [-0.1, -0.05) is 0 Å². The van der Waals surface area contributed by atoms with Gasteiger partial charge in [-0.25, -0.2) is 0 Å². The van der Waals surface area contributed by atoms with Crippen molar-refractivity contribution >= 4 is 11.7 Å². The molecule has 1 amide bonds. The van der Waals surface area contributed by atoms with Gasteiger partial charge >= 0.3 is 0 Å². The second-order valence-electron chi connectivity index (χ2n) is 6.30. The van der Waals surface area contributed by atoms with E-state index in [-0.39, 0.29) is 18.6 Å². The van der Waals surface area contributed by atoms with E-state index in [1.165, 1.54) is 6.92 Å². The molecule has 24 heavy (non-hydrogen) atoms. The third-order valence-electron chi connectivity index (χ3n) is 4.78. The van der Waals surface area contributed by atoms with Crippen molar-refractivity contribution in [1.82, 2.24) is 10.2 Å². The summed E-state index contributed by atoms with van der Waals surface area (Å²) in [5.41, 5.74) is 6.74. The zero-order valence-corrected chi connectivity index (χ0v) is 14.0. The SMILES string of the molecule is CC(=O)c1cc2c(cc1C(C(N)=O)N(C)C1CCNCC1)OCO2. The molecule has 7 nitrogen and oxygen atoms in total. The van der Waals surface area contributed by atoms with Crippen LogP contribution in [0.2, 0.25) is 0 Å². The molecule has 1 aromatic rings. The molecule has 1 aromatic carbocycles. The summed E-state index contributed by atoms with van der Waals surface area (Å²) in [7, 11) is 1.89. The first-order chi connectivity index (χ1) is 11.5. The number of amides is 1. The van der Waals surface area contributed by atoms with Crippen molar-refractivity contribution in [3.05, 3.63) is 23.3 Å². The van der Waals surface area contributed by atoms with E-state index in [1.807, 2.05) is 11.9 Å². The molecule has 1 atom stereocenters. The first-order valence-electron chi connectivity index (χ1n) is 8.15. The molecule has 2 heterocycles. The van der Waals surface area contributed by atoms with E-state index in [0.717, 1.165) is 25.9 Å². The number of fused-ring (bicyclic) bond motifs is 1. The maximum Gasteiger partial charge on any atom is 0.239 e. The van der Waals surface area contributed by atoms with E-state index in [9.17, 15) is 9.59 Å². The van der Waals surface area contributed by atoms with Crippen LogP contribution in [0.1, 0.15) is 41.7 Å². The van der Waals surface area contributed by atoms with Crippen LogP contribution in [0.25, 0.3) is 0 Å². The quantitative estimate of drug-likeness (QED) is 0.775. The van der Waals surface area contributed by atoms with Crippen LogP contribution < -0.4 is 20.5 Å². The molecule has 1 fully saturated rings. The van der Waals surface area contributed by atoms with Gasteiger partial charge in [0.1, 0.15) is 6.04 Å². The predicted molar refractivity (Wildman–Crippen MR) is 88.2 cm³/mol. The first kappa shape index (κ1) is 16.7. The number of rotatable bonds is 5. The Bertz CT molecular complexity index is 655. The number of primary amides is 1. The van der Waals surface area contributed by atoms with Gasteiger partial charge in [0.05, 0.1) is 0 Å². The van der Waals surface area contributed by atoms with Crippen LogP contribution in [0, 0.1) is 0 Å². The molecule has 0 radical (unpaired) electrons. The predicted octanol–water partition coefficient (Wildman–Crippen LogP) is 0.828. The zero-order chi connectivity index (χ0) is 17.3. The number of nitrogens with two attached hydrogens (primary N) is 1. The number of nitrogens with zero attached hydrogens (tertiary/aromatic N) is 1. The number of benzene rings is 1.